The monoisotopic (exact) mass is 658 g/mol. The molecule has 0 aromatic heterocycles. The molecule has 14 heteroatoms. The van der Waals surface area contributed by atoms with Crippen LogP contribution < -0.4 is 0 Å². The summed E-state index contributed by atoms with van der Waals surface area (Å²) in [6, 6.07) is 0. The Labute approximate surface area is 244 Å². The van der Waals surface area contributed by atoms with Crippen LogP contribution in [0.15, 0.2) is 0 Å². The first-order chi connectivity index (χ1) is 14.8. The van der Waals surface area contributed by atoms with Crippen molar-refractivity contribution in [3.8, 4) is 0 Å². The van der Waals surface area contributed by atoms with Crippen LogP contribution in [0.5, 0.6) is 0 Å². The van der Waals surface area contributed by atoms with Crippen LogP contribution in [0.1, 0.15) is 67.7 Å². The minimum atomic E-state index is -1.28. The summed E-state index contributed by atoms with van der Waals surface area (Å²) in [4.78, 5) is 29.5. The zero-order chi connectivity index (χ0) is 28.0. The first kappa shape index (κ1) is 47.4. The number of hydrogen-bond acceptors (Lipinski definition) is 5. The molecule has 0 radical (unpaired) electrons. The average Bonchev–Trinajstić information content (AvgIpc) is 2.61. The van der Waals surface area contributed by atoms with Gasteiger partial charge in [0, 0.05) is 20.3 Å². The number of carbonyl (C=O) groups excluding carboxylic acids is 3. The van der Waals surface area contributed by atoms with Crippen molar-refractivity contribution in [2.75, 3.05) is 19.1 Å². The van der Waals surface area contributed by atoms with Gasteiger partial charge in [-0.2, -0.15) is 0 Å². The topological polar surface area (TPSA) is 69.7 Å². The van der Waals surface area contributed by atoms with Crippen LogP contribution >= 0.6 is 104 Å². The van der Waals surface area contributed by atoms with Crippen LogP contribution in [-0.4, -0.2) is 49.7 Å². The summed E-state index contributed by atoms with van der Waals surface area (Å²) in [6.07, 6.45) is 2.72. The minimum Gasteiger partial charge on any atom is -0.466 e. The number of ether oxygens (including phenoxy) is 2. The van der Waals surface area contributed by atoms with E-state index in [-0.39, 0.29) is 28.4 Å². The van der Waals surface area contributed by atoms with Crippen molar-refractivity contribution in [3.63, 3.8) is 0 Å². The van der Waals surface area contributed by atoms with Gasteiger partial charge < -0.3 is 14.3 Å². The van der Waals surface area contributed by atoms with Gasteiger partial charge in [0.2, 0.25) is 3.79 Å². The molecule has 5 nitrogen and oxygen atoms in total. The van der Waals surface area contributed by atoms with Gasteiger partial charge in [-0.1, -0.05) is 89.9 Å². The molecule has 0 aromatic carbocycles. The van der Waals surface area contributed by atoms with E-state index in [1.807, 2.05) is 6.92 Å². The predicted octanol–water partition coefficient (Wildman–Crippen LogP) is 9.30. The van der Waals surface area contributed by atoms with Crippen molar-refractivity contribution >= 4 is 122 Å². The van der Waals surface area contributed by atoms with E-state index in [9.17, 15) is 14.4 Å². The fraction of sp³-hybridized carbons (Fsp3) is 0.842. The standard InChI is InChI=1S/C6H12O2.C4H8O2.C4H8O.C2H2Cl4.C2H4Cl2.CHCl3/c1-3-4-5-8-6(2)7;1-3-6-4(2)5;1-3-4(2)5;3-1-2(4,5)6;1-2(3)4;2-1(3)4/h3-5H2,1-2H3;3H2,1-2H3;3H2,1-2H3;1H2;2H,1H3;1H. The van der Waals surface area contributed by atoms with Crippen molar-refractivity contribution in [2.45, 2.75) is 80.7 Å². The van der Waals surface area contributed by atoms with E-state index < -0.39 is 8.09 Å². The molecular formula is C19H35Cl9O5. The molecule has 0 aromatic rings. The molecule has 0 rings (SSSR count). The minimum absolute atomic E-state index is 0.0394. The second-order valence-corrected chi connectivity index (χ2v) is 11.5. The fourth-order valence-corrected chi connectivity index (χ4v) is 0.563. The molecule has 0 unspecified atom stereocenters. The van der Waals surface area contributed by atoms with Crippen molar-refractivity contribution in [1.29, 1.82) is 0 Å². The molecule has 204 valence electrons. The number of hydrogen-bond donors (Lipinski definition) is 0. The number of alkyl halides is 9. The first-order valence-corrected chi connectivity index (χ1v) is 13.3. The van der Waals surface area contributed by atoms with Gasteiger partial charge in [0.05, 0.1) is 19.1 Å². The van der Waals surface area contributed by atoms with Crippen LogP contribution in [0.25, 0.3) is 0 Å². The normalized spacial score (nSPS) is 9.03. The molecular weight excluding hydrogens is 627 g/mol. The lowest BCUT2D eigenvalue weighted by atomic mass is 10.4. The molecule has 0 atom stereocenters. The molecule has 33 heavy (non-hydrogen) atoms. The second kappa shape index (κ2) is 37.8. The number of esters is 2. The maximum absolute atomic E-state index is 10.1. The Morgan fingerprint density at radius 1 is 0.818 bits per heavy atom. The zero-order valence-electron chi connectivity index (χ0n) is 19.8. The van der Waals surface area contributed by atoms with Gasteiger partial charge in [-0.15, -0.1) is 34.8 Å². The summed E-state index contributed by atoms with van der Waals surface area (Å²) in [5.41, 5.74) is 0. The summed E-state index contributed by atoms with van der Waals surface area (Å²) < 4.78 is 7.02. The second-order valence-electron chi connectivity index (χ2n) is 5.19. The lowest BCUT2D eigenvalue weighted by Gasteiger charge is -2.00. The van der Waals surface area contributed by atoms with Crippen LogP contribution in [0, 0.1) is 0 Å². The molecule has 0 saturated heterocycles. The van der Waals surface area contributed by atoms with Gasteiger partial charge in [0.1, 0.15) is 10.6 Å². The lowest BCUT2D eigenvalue weighted by molar-refractivity contribution is -0.141. The van der Waals surface area contributed by atoms with Gasteiger partial charge in [-0.25, -0.2) is 0 Å². The fourth-order valence-electron chi connectivity index (χ4n) is 0.563. The van der Waals surface area contributed by atoms with Crippen molar-refractivity contribution in [2.24, 2.45) is 0 Å². The average molecular weight is 663 g/mol. The summed E-state index contributed by atoms with van der Waals surface area (Å²) >= 11 is 44.9. The van der Waals surface area contributed by atoms with Crippen molar-refractivity contribution < 1.29 is 23.9 Å². The third kappa shape index (κ3) is 160. The highest BCUT2D eigenvalue weighted by molar-refractivity contribution is 6.69. The van der Waals surface area contributed by atoms with Crippen LogP contribution in [-0.2, 0) is 23.9 Å². The van der Waals surface area contributed by atoms with E-state index in [4.69, 9.17) is 104 Å². The third-order valence-electron chi connectivity index (χ3n) is 1.80. The molecule has 0 saturated carbocycles. The Balaban J connectivity index is -0.0000000675. The van der Waals surface area contributed by atoms with Crippen molar-refractivity contribution in [3.05, 3.63) is 0 Å². The van der Waals surface area contributed by atoms with Crippen LogP contribution in [0.2, 0.25) is 0 Å². The van der Waals surface area contributed by atoms with Gasteiger partial charge in [0.25, 0.3) is 0 Å². The Bertz CT molecular complexity index is 407. The highest BCUT2D eigenvalue weighted by atomic mass is 35.6. The molecule has 0 N–H and O–H groups in total. The van der Waals surface area contributed by atoms with E-state index in [0.29, 0.717) is 19.6 Å². The lowest BCUT2D eigenvalue weighted by Crippen LogP contribution is -2.01. The highest BCUT2D eigenvalue weighted by Crippen LogP contribution is 2.26. The Morgan fingerprint density at radius 2 is 1.09 bits per heavy atom. The maximum Gasteiger partial charge on any atom is 0.302 e. The maximum atomic E-state index is 10.1. The SMILES string of the molecule is CC(Cl)Cl.CCC(C)=O.CCCCOC(C)=O.CCOC(C)=O.ClC(Cl)Cl.ClCC(Cl)(Cl)Cl. The Hall–Kier alpha value is 1.22. The van der Waals surface area contributed by atoms with Gasteiger partial charge in [-0.3, -0.25) is 9.59 Å². The predicted molar refractivity (Wildman–Crippen MR) is 148 cm³/mol. The van der Waals surface area contributed by atoms with Gasteiger partial charge in [0.15, 0.2) is 4.30 Å². The van der Waals surface area contributed by atoms with Gasteiger partial charge in [-0.05, 0) is 27.2 Å². The van der Waals surface area contributed by atoms with E-state index >= 15 is 0 Å². The molecule has 0 aliphatic rings. The first-order valence-electron chi connectivity index (χ1n) is 9.43. The van der Waals surface area contributed by atoms with E-state index in [0.717, 1.165) is 12.8 Å². The van der Waals surface area contributed by atoms with Crippen molar-refractivity contribution in [1.82, 2.24) is 0 Å². The van der Waals surface area contributed by atoms with E-state index in [1.54, 1.807) is 20.8 Å². The molecule has 0 aliphatic heterocycles. The number of halogens is 9. The third-order valence-corrected chi connectivity index (χ3v) is 3.01. The molecule has 0 bridgehead atoms. The number of unbranched alkanes of at least 4 members (excludes halogenated alkanes) is 1. The quantitative estimate of drug-likeness (QED) is 0.167. The van der Waals surface area contributed by atoms with Crippen LogP contribution in [0.3, 0.4) is 0 Å². The number of rotatable bonds is 5. The molecule has 0 spiro atoms. The smallest absolute Gasteiger partial charge is 0.302 e. The summed E-state index contributed by atoms with van der Waals surface area (Å²) in [5, 5.41) is 0. The Morgan fingerprint density at radius 3 is 1.18 bits per heavy atom. The molecule has 0 aliphatic carbocycles. The number of Topliss-reactive ketones (excluding diaryl/α,β-unsaturated/α-hetero) is 1. The zero-order valence-corrected chi connectivity index (χ0v) is 26.6. The van der Waals surface area contributed by atoms with E-state index in [2.05, 4.69) is 16.4 Å². The summed E-state index contributed by atoms with van der Waals surface area (Å²) in [6.45, 7) is 12.8. The highest BCUT2D eigenvalue weighted by Gasteiger charge is 2.16. The Kier molecular flexibility index (Phi) is 54.3. The number of carbonyl (C=O) groups is 3. The van der Waals surface area contributed by atoms with E-state index in [1.165, 1.54) is 13.8 Å². The molecule has 0 fully saturated rings. The molecule has 0 heterocycles. The largest absolute Gasteiger partial charge is 0.466 e. The van der Waals surface area contributed by atoms with Crippen LogP contribution in [0.4, 0.5) is 0 Å². The molecule has 0 amide bonds. The van der Waals surface area contributed by atoms with Gasteiger partial charge >= 0.3 is 11.9 Å². The number of ketones is 1. The summed E-state index contributed by atoms with van der Waals surface area (Å²) in [5.74, 6) is -0.0987. The summed E-state index contributed by atoms with van der Waals surface area (Å²) in [7, 11) is 0.